The van der Waals surface area contributed by atoms with E-state index < -0.39 is 0 Å². The van der Waals surface area contributed by atoms with Crippen LogP contribution in [-0.2, 0) is 0 Å². The fourth-order valence-corrected chi connectivity index (χ4v) is 2.15. The Kier molecular flexibility index (Phi) is 5.52. The third-order valence-electron chi connectivity index (χ3n) is 3.59. The smallest absolute Gasteiger partial charge is 0.119 e. The van der Waals surface area contributed by atoms with E-state index >= 15 is 0 Å². The fourth-order valence-electron chi connectivity index (χ4n) is 1.74. The summed E-state index contributed by atoms with van der Waals surface area (Å²) in [5, 5.41) is 0.0786. The number of hydrogen-bond acceptors (Lipinski definition) is 1. The van der Waals surface area contributed by atoms with Crippen molar-refractivity contribution in [3.8, 4) is 5.75 Å². The lowest BCUT2D eigenvalue weighted by molar-refractivity contribution is 0.245. The molecule has 18 heavy (non-hydrogen) atoms. The Hall–Kier alpha value is -0.690. The van der Waals surface area contributed by atoms with E-state index in [4.69, 9.17) is 16.3 Å². The second kappa shape index (κ2) is 6.47. The first kappa shape index (κ1) is 15.4. The van der Waals surface area contributed by atoms with Crippen LogP contribution >= 0.6 is 11.6 Å². The van der Waals surface area contributed by atoms with E-state index in [-0.39, 0.29) is 5.38 Å². The zero-order valence-electron chi connectivity index (χ0n) is 12.2. The standard InChI is InChI=1S/C16H25ClO/c1-6-18-14-9-7-13(8-10-14)15(17)11-12(2)16(3,4)5/h7-10,12,15H,6,11H2,1-5H3. The summed E-state index contributed by atoms with van der Waals surface area (Å²) in [5.41, 5.74) is 1.48. The van der Waals surface area contributed by atoms with Gasteiger partial charge in [0.05, 0.1) is 12.0 Å². The lowest BCUT2D eigenvalue weighted by Gasteiger charge is -2.29. The molecule has 0 fully saturated rings. The average molecular weight is 269 g/mol. The van der Waals surface area contributed by atoms with Gasteiger partial charge in [0, 0.05) is 0 Å². The molecular weight excluding hydrogens is 244 g/mol. The van der Waals surface area contributed by atoms with E-state index in [1.165, 1.54) is 5.56 Å². The molecule has 0 amide bonds. The molecule has 1 rings (SSSR count). The van der Waals surface area contributed by atoms with Gasteiger partial charge in [-0.3, -0.25) is 0 Å². The summed E-state index contributed by atoms with van der Waals surface area (Å²) < 4.78 is 5.43. The predicted molar refractivity (Wildman–Crippen MR) is 79.4 cm³/mol. The van der Waals surface area contributed by atoms with Crippen LogP contribution in [0, 0.1) is 11.3 Å². The molecule has 2 unspecified atom stereocenters. The molecule has 0 aliphatic heterocycles. The summed E-state index contributed by atoms with van der Waals surface area (Å²) in [7, 11) is 0. The molecule has 0 saturated heterocycles. The molecule has 0 N–H and O–H groups in total. The molecule has 102 valence electrons. The molecular formula is C16H25ClO. The third kappa shape index (κ3) is 4.53. The number of benzene rings is 1. The van der Waals surface area contributed by atoms with E-state index in [9.17, 15) is 0 Å². The first-order valence-corrected chi connectivity index (χ1v) is 7.15. The summed E-state index contributed by atoms with van der Waals surface area (Å²) >= 11 is 6.50. The molecule has 0 radical (unpaired) electrons. The van der Waals surface area contributed by atoms with E-state index in [0.717, 1.165) is 12.2 Å². The summed E-state index contributed by atoms with van der Waals surface area (Å²) in [6.07, 6.45) is 0.999. The van der Waals surface area contributed by atoms with Crippen molar-refractivity contribution in [2.75, 3.05) is 6.61 Å². The van der Waals surface area contributed by atoms with Crippen LogP contribution in [0.4, 0.5) is 0 Å². The molecule has 0 heterocycles. The van der Waals surface area contributed by atoms with E-state index in [2.05, 4.69) is 39.8 Å². The summed E-state index contributed by atoms with van der Waals surface area (Å²) in [5.74, 6) is 1.50. The highest BCUT2D eigenvalue weighted by molar-refractivity contribution is 6.20. The van der Waals surface area contributed by atoms with Crippen LogP contribution in [0.5, 0.6) is 5.75 Å². The number of ether oxygens (including phenoxy) is 1. The van der Waals surface area contributed by atoms with Crippen molar-refractivity contribution < 1.29 is 4.74 Å². The summed E-state index contributed by atoms with van der Waals surface area (Å²) in [6.45, 7) is 11.7. The molecule has 0 aliphatic carbocycles. The Labute approximate surface area is 116 Å². The van der Waals surface area contributed by atoms with Gasteiger partial charge >= 0.3 is 0 Å². The minimum atomic E-state index is 0.0786. The molecule has 2 heteroatoms. The van der Waals surface area contributed by atoms with Gasteiger partial charge < -0.3 is 4.74 Å². The van der Waals surface area contributed by atoms with Crippen LogP contribution < -0.4 is 4.74 Å². The van der Waals surface area contributed by atoms with Crippen molar-refractivity contribution in [1.29, 1.82) is 0 Å². The minimum absolute atomic E-state index is 0.0786. The van der Waals surface area contributed by atoms with Crippen molar-refractivity contribution in [2.24, 2.45) is 11.3 Å². The average Bonchev–Trinajstić information content (AvgIpc) is 2.29. The molecule has 2 atom stereocenters. The Morgan fingerprint density at radius 1 is 1.17 bits per heavy atom. The maximum absolute atomic E-state index is 6.50. The van der Waals surface area contributed by atoms with Crippen molar-refractivity contribution in [3.05, 3.63) is 29.8 Å². The van der Waals surface area contributed by atoms with Crippen LogP contribution in [-0.4, -0.2) is 6.61 Å². The number of alkyl halides is 1. The van der Waals surface area contributed by atoms with Crippen LogP contribution in [0.15, 0.2) is 24.3 Å². The minimum Gasteiger partial charge on any atom is -0.494 e. The molecule has 0 spiro atoms. The summed E-state index contributed by atoms with van der Waals surface area (Å²) in [4.78, 5) is 0. The molecule has 1 aromatic rings. The molecule has 0 aromatic heterocycles. The highest BCUT2D eigenvalue weighted by Crippen LogP contribution is 2.36. The second-order valence-electron chi connectivity index (χ2n) is 5.97. The van der Waals surface area contributed by atoms with Gasteiger partial charge in [0.2, 0.25) is 0 Å². The van der Waals surface area contributed by atoms with Gasteiger partial charge in [0.1, 0.15) is 5.75 Å². The Morgan fingerprint density at radius 3 is 2.17 bits per heavy atom. The lowest BCUT2D eigenvalue weighted by atomic mass is 9.79. The SMILES string of the molecule is CCOc1ccc(C(Cl)CC(C)C(C)(C)C)cc1. The van der Waals surface area contributed by atoms with Gasteiger partial charge in [-0.1, -0.05) is 39.8 Å². The Morgan fingerprint density at radius 2 is 1.72 bits per heavy atom. The van der Waals surface area contributed by atoms with E-state index in [1.54, 1.807) is 0 Å². The maximum atomic E-state index is 6.50. The van der Waals surface area contributed by atoms with Crippen LogP contribution in [0.25, 0.3) is 0 Å². The van der Waals surface area contributed by atoms with Gasteiger partial charge in [-0.2, -0.15) is 0 Å². The number of hydrogen-bond donors (Lipinski definition) is 0. The first-order chi connectivity index (χ1) is 8.34. The highest BCUT2D eigenvalue weighted by Gasteiger charge is 2.23. The summed E-state index contributed by atoms with van der Waals surface area (Å²) in [6, 6.07) is 8.13. The van der Waals surface area contributed by atoms with Gasteiger partial charge in [-0.15, -0.1) is 11.6 Å². The quantitative estimate of drug-likeness (QED) is 0.647. The van der Waals surface area contributed by atoms with Crippen molar-refractivity contribution in [1.82, 2.24) is 0 Å². The molecule has 1 nitrogen and oxygen atoms in total. The molecule has 0 bridgehead atoms. The van der Waals surface area contributed by atoms with Crippen molar-refractivity contribution >= 4 is 11.6 Å². The number of halogens is 1. The predicted octanol–water partition coefficient (Wildman–Crippen LogP) is 5.44. The van der Waals surface area contributed by atoms with Gasteiger partial charge in [-0.05, 0) is 42.4 Å². The second-order valence-corrected chi connectivity index (χ2v) is 6.50. The number of rotatable bonds is 5. The zero-order chi connectivity index (χ0) is 13.8. The Bertz CT molecular complexity index is 350. The Balaban J connectivity index is 2.64. The van der Waals surface area contributed by atoms with Gasteiger partial charge in [0.25, 0.3) is 0 Å². The van der Waals surface area contributed by atoms with Gasteiger partial charge in [-0.25, -0.2) is 0 Å². The monoisotopic (exact) mass is 268 g/mol. The highest BCUT2D eigenvalue weighted by atomic mass is 35.5. The zero-order valence-corrected chi connectivity index (χ0v) is 12.9. The van der Waals surface area contributed by atoms with Crippen molar-refractivity contribution in [3.63, 3.8) is 0 Å². The third-order valence-corrected chi connectivity index (χ3v) is 4.02. The fraction of sp³-hybridized carbons (Fsp3) is 0.625. The first-order valence-electron chi connectivity index (χ1n) is 6.71. The lowest BCUT2D eigenvalue weighted by Crippen LogP contribution is -2.18. The topological polar surface area (TPSA) is 9.23 Å². The molecule has 0 aliphatic rings. The van der Waals surface area contributed by atoms with Crippen LogP contribution in [0.2, 0.25) is 0 Å². The van der Waals surface area contributed by atoms with E-state index in [0.29, 0.717) is 17.9 Å². The molecule has 1 aromatic carbocycles. The largest absolute Gasteiger partial charge is 0.494 e. The molecule has 0 saturated carbocycles. The van der Waals surface area contributed by atoms with Gasteiger partial charge in [0.15, 0.2) is 0 Å². The van der Waals surface area contributed by atoms with Crippen LogP contribution in [0.3, 0.4) is 0 Å². The van der Waals surface area contributed by atoms with Crippen molar-refractivity contribution in [2.45, 2.75) is 46.4 Å². The van der Waals surface area contributed by atoms with Crippen LogP contribution in [0.1, 0.15) is 52.0 Å². The normalized spacial score (nSPS) is 15.2. The maximum Gasteiger partial charge on any atom is 0.119 e. The van der Waals surface area contributed by atoms with E-state index in [1.807, 2.05) is 19.1 Å².